The lowest BCUT2D eigenvalue weighted by atomic mass is 10.1. The van der Waals surface area contributed by atoms with Gasteiger partial charge in [-0.1, -0.05) is 12.1 Å². The summed E-state index contributed by atoms with van der Waals surface area (Å²) < 4.78 is 39.3. The van der Waals surface area contributed by atoms with Crippen molar-refractivity contribution in [2.24, 2.45) is 0 Å². The van der Waals surface area contributed by atoms with Crippen LogP contribution < -0.4 is 19.7 Å². The molecule has 8 heteroatoms. The highest BCUT2D eigenvalue weighted by Crippen LogP contribution is 2.33. The summed E-state index contributed by atoms with van der Waals surface area (Å²) in [5.74, 6) is 0.716. The summed E-state index contributed by atoms with van der Waals surface area (Å²) in [6.45, 7) is 5.89. The van der Waals surface area contributed by atoms with Gasteiger partial charge in [0.05, 0.1) is 35.9 Å². The van der Waals surface area contributed by atoms with Gasteiger partial charge >= 0.3 is 0 Å². The second kappa shape index (κ2) is 8.64. The maximum atomic E-state index is 13.0. The van der Waals surface area contributed by atoms with Crippen LogP contribution in [0.1, 0.15) is 13.8 Å². The summed E-state index contributed by atoms with van der Waals surface area (Å²) in [6.07, 6.45) is 3.21. The SMILES string of the molecule is COc1ccc(NS(=O)(=O)c2ccc(-c3ccoc3)cc2)cc1N1C[C@@H](C)N[C@@H](C)C1. The molecule has 2 N–H and O–H groups in total. The Labute approximate surface area is 183 Å². The summed E-state index contributed by atoms with van der Waals surface area (Å²) in [5, 5.41) is 3.51. The molecule has 0 aliphatic carbocycles. The fourth-order valence-electron chi connectivity index (χ4n) is 3.99. The van der Waals surface area contributed by atoms with Crippen molar-refractivity contribution in [2.75, 3.05) is 29.8 Å². The van der Waals surface area contributed by atoms with Crippen LogP contribution in [-0.2, 0) is 10.0 Å². The van der Waals surface area contributed by atoms with Gasteiger partial charge in [0.2, 0.25) is 0 Å². The third kappa shape index (κ3) is 4.70. The van der Waals surface area contributed by atoms with E-state index in [9.17, 15) is 8.42 Å². The van der Waals surface area contributed by atoms with E-state index in [0.29, 0.717) is 23.5 Å². The quantitative estimate of drug-likeness (QED) is 0.603. The zero-order valence-electron chi connectivity index (χ0n) is 17.8. The smallest absolute Gasteiger partial charge is 0.261 e. The molecular weight excluding hydrogens is 414 g/mol. The lowest BCUT2D eigenvalue weighted by Gasteiger charge is -2.38. The molecular formula is C23H27N3O4S. The minimum absolute atomic E-state index is 0.196. The van der Waals surface area contributed by atoms with E-state index in [2.05, 4.69) is 28.8 Å². The van der Waals surface area contributed by atoms with Gasteiger partial charge < -0.3 is 19.4 Å². The largest absolute Gasteiger partial charge is 0.495 e. The molecule has 7 nitrogen and oxygen atoms in total. The third-order valence-corrected chi connectivity index (χ3v) is 6.75. The molecule has 3 aromatic rings. The number of sulfonamides is 1. The monoisotopic (exact) mass is 441 g/mol. The first-order valence-electron chi connectivity index (χ1n) is 10.2. The van der Waals surface area contributed by atoms with Gasteiger partial charge in [0, 0.05) is 30.7 Å². The molecule has 0 bridgehead atoms. The fraction of sp³-hybridized carbons (Fsp3) is 0.304. The summed E-state index contributed by atoms with van der Waals surface area (Å²) in [4.78, 5) is 2.42. The van der Waals surface area contributed by atoms with E-state index in [1.165, 1.54) is 0 Å². The molecule has 2 aromatic carbocycles. The number of rotatable bonds is 6. The second-order valence-corrected chi connectivity index (χ2v) is 9.58. The summed E-state index contributed by atoms with van der Waals surface area (Å²) >= 11 is 0. The van der Waals surface area contributed by atoms with E-state index in [1.54, 1.807) is 56.0 Å². The predicted octanol–water partition coefficient (Wildman–Crippen LogP) is 3.94. The van der Waals surface area contributed by atoms with E-state index in [4.69, 9.17) is 9.15 Å². The third-order valence-electron chi connectivity index (χ3n) is 5.35. The van der Waals surface area contributed by atoms with Crippen molar-refractivity contribution in [3.8, 4) is 16.9 Å². The molecule has 2 heterocycles. The van der Waals surface area contributed by atoms with Crippen LogP contribution >= 0.6 is 0 Å². The van der Waals surface area contributed by atoms with Gasteiger partial charge in [-0.2, -0.15) is 0 Å². The Kier molecular flexibility index (Phi) is 5.93. The molecule has 1 aromatic heterocycles. The number of benzene rings is 2. The van der Waals surface area contributed by atoms with Crippen LogP contribution in [0.4, 0.5) is 11.4 Å². The van der Waals surface area contributed by atoms with E-state index < -0.39 is 10.0 Å². The molecule has 1 saturated heterocycles. The van der Waals surface area contributed by atoms with Gasteiger partial charge in [-0.3, -0.25) is 4.72 Å². The van der Waals surface area contributed by atoms with E-state index in [0.717, 1.165) is 29.9 Å². The van der Waals surface area contributed by atoms with Gasteiger partial charge in [0.1, 0.15) is 5.75 Å². The standard InChI is InChI=1S/C23H27N3O4S/c1-16-13-26(14-17(2)24-16)22-12-20(6-9-23(22)29-3)25-31(27,28)21-7-4-18(5-8-21)19-10-11-30-15-19/h4-12,15-17,24-25H,13-14H2,1-3H3/t16-,17+. The molecule has 0 saturated carbocycles. The van der Waals surface area contributed by atoms with Crippen molar-refractivity contribution >= 4 is 21.4 Å². The first-order valence-corrected chi connectivity index (χ1v) is 11.7. The highest BCUT2D eigenvalue weighted by atomic mass is 32.2. The molecule has 2 atom stereocenters. The Morgan fingerprint density at radius 2 is 1.74 bits per heavy atom. The zero-order chi connectivity index (χ0) is 22.0. The van der Waals surface area contributed by atoms with E-state index in [1.807, 2.05) is 12.1 Å². The molecule has 0 unspecified atom stereocenters. The molecule has 1 aliphatic heterocycles. The Morgan fingerprint density at radius 3 is 2.35 bits per heavy atom. The highest BCUT2D eigenvalue weighted by molar-refractivity contribution is 7.92. The average Bonchev–Trinajstić information content (AvgIpc) is 3.28. The van der Waals surface area contributed by atoms with Gasteiger partial charge in [-0.15, -0.1) is 0 Å². The lowest BCUT2D eigenvalue weighted by molar-refractivity contribution is 0.391. The van der Waals surface area contributed by atoms with Gasteiger partial charge in [-0.05, 0) is 55.8 Å². The summed E-state index contributed by atoms with van der Waals surface area (Å²) in [6, 6.07) is 14.5. The molecule has 1 aliphatic rings. The van der Waals surface area contributed by atoms with Crippen molar-refractivity contribution < 1.29 is 17.6 Å². The molecule has 0 radical (unpaired) electrons. The first-order chi connectivity index (χ1) is 14.9. The molecule has 31 heavy (non-hydrogen) atoms. The minimum Gasteiger partial charge on any atom is -0.495 e. The summed E-state index contributed by atoms with van der Waals surface area (Å²) in [5.41, 5.74) is 3.16. The lowest BCUT2D eigenvalue weighted by Crippen LogP contribution is -2.54. The molecule has 164 valence electrons. The Morgan fingerprint density at radius 1 is 1.03 bits per heavy atom. The van der Waals surface area contributed by atoms with Crippen LogP contribution in [0, 0.1) is 0 Å². The zero-order valence-corrected chi connectivity index (χ0v) is 18.6. The number of piperazine rings is 1. The average molecular weight is 442 g/mol. The van der Waals surface area contributed by atoms with Crippen LogP contribution in [-0.4, -0.2) is 40.7 Å². The van der Waals surface area contributed by atoms with Crippen LogP contribution in [0.2, 0.25) is 0 Å². The number of furan rings is 1. The second-order valence-electron chi connectivity index (χ2n) is 7.90. The Balaban J connectivity index is 1.58. The maximum Gasteiger partial charge on any atom is 0.261 e. The van der Waals surface area contributed by atoms with Crippen LogP contribution in [0.3, 0.4) is 0 Å². The molecule has 0 spiro atoms. The number of nitrogens with one attached hydrogen (secondary N) is 2. The van der Waals surface area contributed by atoms with Gasteiger partial charge in [0.25, 0.3) is 10.0 Å². The summed E-state index contributed by atoms with van der Waals surface area (Å²) in [7, 11) is -2.11. The van der Waals surface area contributed by atoms with Crippen molar-refractivity contribution in [1.82, 2.24) is 5.32 Å². The maximum absolute atomic E-state index is 13.0. The van der Waals surface area contributed by atoms with Crippen LogP contribution in [0.15, 0.2) is 70.4 Å². The van der Waals surface area contributed by atoms with Crippen molar-refractivity contribution in [1.29, 1.82) is 0 Å². The van der Waals surface area contributed by atoms with E-state index in [-0.39, 0.29) is 4.90 Å². The number of hydrogen-bond acceptors (Lipinski definition) is 6. The van der Waals surface area contributed by atoms with E-state index >= 15 is 0 Å². The van der Waals surface area contributed by atoms with Crippen molar-refractivity contribution in [3.05, 3.63) is 61.1 Å². The first kappa shape index (κ1) is 21.3. The van der Waals surface area contributed by atoms with Crippen LogP contribution in [0.5, 0.6) is 5.75 Å². The number of methoxy groups -OCH3 is 1. The number of hydrogen-bond donors (Lipinski definition) is 2. The molecule has 4 rings (SSSR count). The van der Waals surface area contributed by atoms with Gasteiger partial charge in [-0.25, -0.2) is 8.42 Å². The molecule has 1 fully saturated rings. The Bertz CT molecular complexity index is 1120. The Hall–Kier alpha value is -2.97. The highest BCUT2D eigenvalue weighted by Gasteiger charge is 2.24. The van der Waals surface area contributed by atoms with Crippen molar-refractivity contribution in [3.63, 3.8) is 0 Å². The predicted molar refractivity (Wildman–Crippen MR) is 122 cm³/mol. The minimum atomic E-state index is -3.73. The number of nitrogens with zero attached hydrogens (tertiary/aromatic N) is 1. The molecule has 0 amide bonds. The topological polar surface area (TPSA) is 83.8 Å². The number of ether oxygens (including phenoxy) is 1. The normalized spacial score (nSPS) is 19.3. The van der Waals surface area contributed by atoms with Gasteiger partial charge in [0.15, 0.2) is 0 Å². The van der Waals surface area contributed by atoms with Crippen molar-refractivity contribution in [2.45, 2.75) is 30.8 Å². The fourth-order valence-corrected chi connectivity index (χ4v) is 5.04. The number of anilines is 2. The van der Waals surface area contributed by atoms with Crippen LogP contribution in [0.25, 0.3) is 11.1 Å².